The average molecular weight is 744 g/mol. The van der Waals surface area contributed by atoms with Crippen LogP contribution in [0.1, 0.15) is 184 Å². The first kappa shape index (κ1) is 51.5. The minimum absolute atomic E-state index is 0.296. The number of rotatable bonds is 7. The van der Waals surface area contributed by atoms with Gasteiger partial charge in [-0.3, -0.25) is 4.98 Å². The van der Waals surface area contributed by atoms with Gasteiger partial charge in [0, 0.05) is 19.0 Å². The Bertz CT molecular complexity index is 1030. The summed E-state index contributed by atoms with van der Waals surface area (Å²) in [6.45, 7) is 26.0. The maximum Gasteiger partial charge on any atom is 0.0687 e. The SMILES string of the molecule is C1CCCCC1.CC(C)CCC1(C)CCOC2(CCCC2)C1.CC(C)Cc1ccccc1.CCC(C)C.CCC(C)C.c1ccccc1.c1ccncc1. The first-order valence-electron chi connectivity index (χ1n) is 22.4. The van der Waals surface area contributed by atoms with Crippen molar-refractivity contribution in [3.05, 3.63) is 103 Å². The van der Waals surface area contributed by atoms with Gasteiger partial charge in [-0.1, -0.05) is 220 Å². The smallest absolute Gasteiger partial charge is 0.0687 e. The largest absolute Gasteiger partial charge is 0.375 e. The molecule has 2 aromatic carbocycles. The lowest BCUT2D eigenvalue weighted by Crippen LogP contribution is -2.42. The molecular weight excluding hydrogens is 655 g/mol. The van der Waals surface area contributed by atoms with Gasteiger partial charge in [-0.15, -0.1) is 0 Å². The molecule has 0 bridgehead atoms. The van der Waals surface area contributed by atoms with Crippen LogP contribution >= 0.6 is 0 Å². The fourth-order valence-electron chi connectivity index (χ4n) is 6.47. The molecule has 6 rings (SSSR count). The van der Waals surface area contributed by atoms with E-state index in [1.807, 2.05) is 54.6 Å². The van der Waals surface area contributed by atoms with Crippen LogP contribution in [-0.2, 0) is 11.2 Å². The monoisotopic (exact) mass is 744 g/mol. The lowest BCUT2D eigenvalue weighted by atomic mass is 9.70. The summed E-state index contributed by atoms with van der Waals surface area (Å²) in [6, 6.07) is 28.3. The summed E-state index contributed by atoms with van der Waals surface area (Å²) < 4.78 is 6.13. The Morgan fingerprint density at radius 2 is 0.944 bits per heavy atom. The van der Waals surface area contributed by atoms with Crippen LogP contribution in [0.3, 0.4) is 0 Å². The third-order valence-corrected chi connectivity index (χ3v) is 10.6. The molecule has 2 nitrogen and oxygen atoms in total. The summed E-state index contributed by atoms with van der Waals surface area (Å²) in [7, 11) is 0. The van der Waals surface area contributed by atoms with E-state index < -0.39 is 0 Å². The van der Waals surface area contributed by atoms with Crippen molar-refractivity contribution in [3.63, 3.8) is 0 Å². The van der Waals surface area contributed by atoms with Crippen LogP contribution in [0, 0.1) is 29.1 Å². The molecule has 1 atom stereocenters. The molecule has 0 radical (unpaired) electrons. The lowest BCUT2D eigenvalue weighted by molar-refractivity contribution is -0.120. The zero-order chi connectivity index (χ0) is 40.3. The van der Waals surface area contributed by atoms with E-state index in [2.05, 4.69) is 111 Å². The standard InChI is InChI=1S/C15H28O.C10H14.C6H12.C6H6.C5H5N.2C5H12/c1-13(2)6-9-14(3)10-11-16-15(12-14)7-4-5-8-15;1-9(2)8-10-6-4-3-5-7-10;3*1-2-4-6-5-3-1;2*1-4-5(2)3/h13H,4-12H2,1-3H3;3-7,9H,8H2,1-2H3;1-6H2;1-6H;1-5H;2*5H,4H2,1-3H3. The fraction of sp³-hybridized carbons (Fsp3) is 0.673. The number of aromatic nitrogens is 1. The molecule has 54 heavy (non-hydrogen) atoms. The van der Waals surface area contributed by atoms with Crippen molar-refractivity contribution in [2.24, 2.45) is 29.1 Å². The molecule has 3 fully saturated rings. The third-order valence-electron chi connectivity index (χ3n) is 10.6. The number of nitrogens with zero attached hydrogens (tertiary/aromatic N) is 1. The first-order valence-corrected chi connectivity index (χ1v) is 22.4. The zero-order valence-corrected chi connectivity index (χ0v) is 37.6. The topological polar surface area (TPSA) is 22.1 Å². The Morgan fingerprint density at radius 1 is 0.537 bits per heavy atom. The van der Waals surface area contributed by atoms with Gasteiger partial charge in [-0.2, -0.15) is 0 Å². The summed E-state index contributed by atoms with van der Waals surface area (Å²) in [5, 5.41) is 0. The molecule has 3 aliphatic rings. The number of hydrogen-bond acceptors (Lipinski definition) is 2. The van der Waals surface area contributed by atoms with E-state index in [1.54, 1.807) is 12.4 Å². The van der Waals surface area contributed by atoms with Gasteiger partial charge in [-0.05, 0) is 85.3 Å². The van der Waals surface area contributed by atoms with E-state index in [4.69, 9.17) is 4.74 Å². The number of ether oxygens (including phenoxy) is 1. The van der Waals surface area contributed by atoms with E-state index >= 15 is 0 Å². The highest BCUT2D eigenvalue weighted by Gasteiger charge is 2.44. The average Bonchev–Trinajstić information content (AvgIpc) is 3.64. The van der Waals surface area contributed by atoms with Crippen molar-refractivity contribution in [1.82, 2.24) is 4.98 Å². The first-order chi connectivity index (χ1) is 25.9. The highest BCUT2D eigenvalue weighted by Crippen LogP contribution is 2.49. The van der Waals surface area contributed by atoms with E-state index in [9.17, 15) is 0 Å². The maximum atomic E-state index is 6.13. The zero-order valence-electron chi connectivity index (χ0n) is 37.6. The summed E-state index contributed by atoms with van der Waals surface area (Å²) in [6.07, 6.45) is 27.1. The van der Waals surface area contributed by atoms with Crippen molar-refractivity contribution in [2.45, 2.75) is 191 Å². The summed E-state index contributed by atoms with van der Waals surface area (Å²) >= 11 is 0. The molecule has 2 aliphatic carbocycles. The van der Waals surface area contributed by atoms with Crippen LogP contribution in [0.15, 0.2) is 97.3 Å². The van der Waals surface area contributed by atoms with Crippen molar-refractivity contribution >= 4 is 0 Å². The molecule has 1 aliphatic heterocycles. The summed E-state index contributed by atoms with van der Waals surface area (Å²) in [5.41, 5.74) is 2.30. The molecule has 1 saturated heterocycles. The lowest BCUT2D eigenvalue weighted by Gasteiger charge is -2.45. The molecule has 2 saturated carbocycles. The van der Waals surface area contributed by atoms with Gasteiger partial charge in [0.05, 0.1) is 5.60 Å². The molecule has 2 heterocycles. The molecule has 308 valence electrons. The van der Waals surface area contributed by atoms with Gasteiger partial charge in [0.25, 0.3) is 0 Å². The predicted molar refractivity (Wildman–Crippen MR) is 242 cm³/mol. The Morgan fingerprint density at radius 3 is 1.28 bits per heavy atom. The quantitative estimate of drug-likeness (QED) is 0.240. The van der Waals surface area contributed by atoms with Crippen LogP contribution in [0.2, 0.25) is 0 Å². The molecule has 0 amide bonds. The predicted octanol–water partition coefficient (Wildman–Crippen LogP) is 16.7. The minimum atomic E-state index is 0.296. The number of pyridine rings is 1. The van der Waals surface area contributed by atoms with E-state index in [-0.39, 0.29) is 0 Å². The molecule has 1 unspecified atom stereocenters. The molecule has 0 N–H and O–H groups in total. The molecule has 1 aromatic heterocycles. The second kappa shape index (κ2) is 33.9. The van der Waals surface area contributed by atoms with Crippen LogP contribution in [-0.4, -0.2) is 17.2 Å². The highest BCUT2D eigenvalue weighted by molar-refractivity contribution is 5.14. The Labute approximate surface area is 338 Å². The van der Waals surface area contributed by atoms with Crippen molar-refractivity contribution < 1.29 is 4.74 Å². The van der Waals surface area contributed by atoms with Crippen molar-refractivity contribution in [1.29, 1.82) is 0 Å². The van der Waals surface area contributed by atoms with Gasteiger partial charge in [0.15, 0.2) is 0 Å². The number of benzene rings is 2. The molecule has 2 heteroatoms. The van der Waals surface area contributed by atoms with Gasteiger partial charge < -0.3 is 4.74 Å². The molecule has 1 spiro atoms. The van der Waals surface area contributed by atoms with E-state index in [1.165, 1.54) is 115 Å². The van der Waals surface area contributed by atoms with E-state index in [0.29, 0.717) is 11.0 Å². The highest BCUT2D eigenvalue weighted by atomic mass is 16.5. The normalized spacial score (nSPS) is 18.1. The second-order valence-electron chi connectivity index (χ2n) is 17.9. The maximum absolute atomic E-state index is 6.13. The third kappa shape index (κ3) is 31.9. The Balaban J connectivity index is 0.000000643. The van der Waals surface area contributed by atoms with Crippen LogP contribution < -0.4 is 0 Å². The second-order valence-corrected chi connectivity index (χ2v) is 17.9. The minimum Gasteiger partial charge on any atom is -0.375 e. The number of hydrogen-bond donors (Lipinski definition) is 0. The van der Waals surface area contributed by atoms with Gasteiger partial charge in [0.1, 0.15) is 0 Å². The van der Waals surface area contributed by atoms with Crippen molar-refractivity contribution in [2.75, 3.05) is 6.61 Å². The van der Waals surface area contributed by atoms with E-state index in [0.717, 1.165) is 30.3 Å². The Hall–Kier alpha value is -2.45. The van der Waals surface area contributed by atoms with Crippen LogP contribution in [0.5, 0.6) is 0 Å². The molecular formula is C52H89NO. The van der Waals surface area contributed by atoms with Crippen molar-refractivity contribution in [3.8, 4) is 0 Å². The van der Waals surface area contributed by atoms with Crippen LogP contribution in [0.25, 0.3) is 0 Å². The van der Waals surface area contributed by atoms with Gasteiger partial charge in [0.2, 0.25) is 0 Å². The van der Waals surface area contributed by atoms with Gasteiger partial charge >= 0.3 is 0 Å². The van der Waals surface area contributed by atoms with Gasteiger partial charge in [-0.25, -0.2) is 0 Å². The molecule has 3 aromatic rings. The summed E-state index contributed by atoms with van der Waals surface area (Å²) in [5.74, 6) is 3.38. The Kier molecular flexibility index (Phi) is 32.3. The fourth-order valence-corrected chi connectivity index (χ4v) is 6.47. The van der Waals surface area contributed by atoms with Crippen LogP contribution in [0.4, 0.5) is 0 Å². The summed E-state index contributed by atoms with van der Waals surface area (Å²) in [4.78, 5) is 3.78.